The molecule has 2 heterocycles. The average molecular weight is 371 g/mol. The van der Waals surface area contributed by atoms with Gasteiger partial charge in [-0.1, -0.05) is 18.2 Å². The van der Waals surface area contributed by atoms with E-state index in [4.69, 9.17) is 0 Å². The normalized spacial score (nSPS) is 14.4. The summed E-state index contributed by atoms with van der Waals surface area (Å²) in [5.74, 6) is 0. The van der Waals surface area contributed by atoms with Crippen LogP contribution in [0.1, 0.15) is 17.5 Å². The van der Waals surface area contributed by atoms with E-state index in [1.54, 1.807) is 13.0 Å². The molecule has 2 aromatic carbocycles. The first-order chi connectivity index (χ1) is 12.4. The fourth-order valence-corrected chi connectivity index (χ4v) is 5.17. The van der Waals surface area contributed by atoms with Gasteiger partial charge in [0.25, 0.3) is 10.0 Å². The van der Waals surface area contributed by atoms with E-state index in [-0.39, 0.29) is 10.4 Å². The first-order valence-electron chi connectivity index (χ1n) is 8.25. The Labute approximate surface area is 149 Å². The first-order valence-corrected chi connectivity index (χ1v) is 9.69. The Hall–Kier alpha value is -2.87. The van der Waals surface area contributed by atoms with Gasteiger partial charge in [-0.2, -0.15) is 0 Å². The highest BCUT2D eigenvalue weighted by Gasteiger charge is 2.30. The van der Waals surface area contributed by atoms with Crippen LogP contribution >= 0.6 is 0 Å². The number of nitrogens with zero attached hydrogens (tertiary/aromatic N) is 1. The highest BCUT2D eigenvalue weighted by Crippen LogP contribution is 2.33. The van der Waals surface area contributed by atoms with Crippen LogP contribution in [-0.4, -0.2) is 24.9 Å². The molecule has 0 amide bonds. The van der Waals surface area contributed by atoms with Gasteiger partial charge < -0.3 is 9.97 Å². The second-order valence-corrected chi connectivity index (χ2v) is 8.21. The molecule has 0 fully saturated rings. The molecule has 0 spiro atoms. The fraction of sp³-hybridized carbons (Fsp3) is 0.222. The molecule has 0 bridgehead atoms. The molecule has 1 aliphatic rings. The minimum absolute atomic E-state index is 0.115. The summed E-state index contributed by atoms with van der Waals surface area (Å²) in [6.45, 7) is 2.07. The number of fused-ring (bicyclic) bond motifs is 2. The quantitative estimate of drug-likeness (QED) is 0.669. The Bertz CT molecular complexity index is 1240. The maximum atomic E-state index is 13.3. The fourth-order valence-electron chi connectivity index (χ4n) is 3.40. The molecule has 0 radical (unpaired) electrons. The molecule has 0 saturated heterocycles. The second-order valence-electron chi connectivity index (χ2n) is 6.38. The van der Waals surface area contributed by atoms with Gasteiger partial charge in [0.2, 0.25) is 0 Å². The molecule has 0 saturated carbocycles. The lowest BCUT2D eigenvalue weighted by Gasteiger charge is -2.31. The number of aromatic amines is 2. The summed E-state index contributed by atoms with van der Waals surface area (Å²) >= 11 is 0. The van der Waals surface area contributed by atoms with Gasteiger partial charge in [-0.25, -0.2) is 8.42 Å². The number of sulfonamides is 1. The lowest BCUT2D eigenvalue weighted by atomic mass is 10.0. The lowest BCUT2D eigenvalue weighted by molar-refractivity contribution is 0.586. The number of benzene rings is 2. The molecule has 2 N–H and O–H groups in total. The number of H-pyrrole nitrogens is 2. The van der Waals surface area contributed by atoms with Crippen LogP contribution in [0.5, 0.6) is 0 Å². The highest BCUT2D eigenvalue weighted by atomic mass is 32.2. The molecular weight excluding hydrogens is 354 g/mol. The van der Waals surface area contributed by atoms with Crippen LogP contribution in [0.3, 0.4) is 0 Å². The molecule has 7 nitrogen and oxygen atoms in total. The summed E-state index contributed by atoms with van der Waals surface area (Å²) in [5, 5.41) is 0. The van der Waals surface area contributed by atoms with E-state index in [1.165, 1.54) is 10.4 Å². The van der Waals surface area contributed by atoms with Crippen molar-refractivity contribution in [2.45, 2.75) is 24.7 Å². The van der Waals surface area contributed by atoms with Crippen molar-refractivity contribution in [2.24, 2.45) is 0 Å². The Kier molecular flexibility index (Phi) is 3.73. The van der Waals surface area contributed by atoms with Crippen molar-refractivity contribution in [1.29, 1.82) is 0 Å². The van der Waals surface area contributed by atoms with E-state index in [2.05, 4.69) is 9.97 Å². The molecule has 1 aliphatic heterocycles. The predicted octanol–water partition coefficient (Wildman–Crippen LogP) is 1.67. The van der Waals surface area contributed by atoms with Crippen LogP contribution in [0.2, 0.25) is 0 Å². The minimum atomic E-state index is -3.80. The zero-order valence-corrected chi connectivity index (χ0v) is 14.9. The van der Waals surface area contributed by atoms with Crippen LogP contribution in [0.4, 0.5) is 5.69 Å². The van der Waals surface area contributed by atoms with Crippen LogP contribution < -0.4 is 15.4 Å². The Balaban J connectivity index is 1.92. The monoisotopic (exact) mass is 371 g/mol. The molecular formula is C18H17N3O4S. The molecule has 134 valence electrons. The summed E-state index contributed by atoms with van der Waals surface area (Å²) in [6, 6.07) is 10.4. The zero-order chi connectivity index (χ0) is 18.5. The number of nitrogens with one attached hydrogen (secondary N) is 2. The molecule has 0 atom stereocenters. The van der Waals surface area contributed by atoms with Crippen LogP contribution in [-0.2, 0) is 16.4 Å². The number of anilines is 1. The molecule has 3 aromatic rings. The van der Waals surface area contributed by atoms with Gasteiger partial charge in [-0.05, 0) is 49.1 Å². The summed E-state index contributed by atoms with van der Waals surface area (Å²) in [5.41, 5.74) is 1.29. The summed E-state index contributed by atoms with van der Waals surface area (Å²) in [4.78, 5) is 28.1. The number of para-hydroxylation sites is 1. The smallest absolute Gasteiger partial charge is 0.314 e. The van der Waals surface area contributed by atoms with E-state index in [1.807, 2.05) is 24.3 Å². The maximum Gasteiger partial charge on any atom is 0.314 e. The van der Waals surface area contributed by atoms with Gasteiger partial charge in [0.05, 0.1) is 21.6 Å². The number of hydrogen-bond donors (Lipinski definition) is 2. The van der Waals surface area contributed by atoms with E-state index in [0.29, 0.717) is 23.3 Å². The first kappa shape index (κ1) is 16.6. The topological polar surface area (TPSA) is 103 Å². The van der Waals surface area contributed by atoms with Gasteiger partial charge in [-0.3, -0.25) is 13.9 Å². The van der Waals surface area contributed by atoms with Crippen LogP contribution in [0.15, 0.2) is 50.9 Å². The van der Waals surface area contributed by atoms with Crippen LogP contribution in [0, 0.1) is 6.92 Å². The maximum absolute atomic E-state index is 13.3. The van der Waals surface area contributed by atoms with Crippen molar-refractivity contribution in [3.63, 3.8) is 0 Å². The van der Waals surface area contributed by atoms with Gasteiger partial charge in [0.15, 0.2) is 0 Å². The zero-order valence-electron chi connectivity index (χ0n) is 14.1. The summed E-state index contributed by atoms with van der Waals surface area (Å²) in [6.07, 6.45) is 1.58. The third kappa shape index (κ3) is 2.53. The minimum Gasteiger partial charge on any atom is -0.316 e. The third-order valence-electron chi connectivity index (χ3n) is 4.65. The number of rotatable bonds is 2. The van der Waals surface area contributed by atoms with E-state index in [0.717, 1.165) is 18.4 Å². The Morgan fingerprint density at radius 3 is 2.38 bits per heavy atom. The van der Waals surface area contributed by atoms with Crippen molar-refractivity contribution in [3.05, 3.63) is 68.2 Å². The second kappa shape index (κ2) is 5.84. The average Bonchev–Trinajstić information content (AvgIpc) is 2.62. The Morgan fingerprint density at radius 1 is 1.00 bits per heavy atom. The third-order valence-corrected chi connectivity index (χ3v) is 6.61. The van der Waals surface area contributed by atoms with Gasteiger partial charge >= 0.3 is 11.1 Å². The molecule has 0 unspecified atom stereocenters. The van der Waals surface area contributed by atoms with E-state index in [9.17, 15) is 18.0 Å². The standard InChI is InChI=1S/C18H17N3O4S/c1-11-9-13-14(20-18(23)17(22)19-13)10-16(11)26(24,25)21-8-4-6-12-5-2-3-7-15(12)21/h2-3,5,7,9-10H,4,6,8H2,1H3,(H,19,22)(H,20,23). The van der Waals surface area contributed by atoms with Crippen molar-refractivity contribution in [3.8, 4) is 0 Å². The molecule has 4 rings (SSSR count). The van der Waals surface area contributed by atoms with Crippen molar-refractivity contribution in [2.75, 3.05) is 10.8 Å². The van der Waals surface area contributed by atoms with E-state index < -0.39 is 21.1 Å². The highest BCUT2D eigenvalue weighted by molar-refractivity contribution is 7.92. The molecule has 8 heteroatoms. The number of aromatic nitrogens is 2. The SMILES string of the molecule is Cc1cc2[nH]c(=O)c(=O)[nH]c2cc1S(=O)(=O)N1CCCc2ccccc21. The molecule has 26 heavy (non-hydrogen) atoms. The Morgan fingerprint density at radius 2 is 1.65 bits per heavy atom. The molecule has 0 aliphatic carbocycles. The summed E-state index contributed by atoms with van der Waals surface area (Å²) in [7, 11) is -3.80. The van der Waals surface area contributed by atoms with Crippen LogP contribution in [0.25, 0.3) is 11.0 Å². The van der Waals surface area contributed by atoms with Crippen molar-refractivity contribution in [1.82, 2.24) is 9.97 Å². The van der Waals surface area contributed by atoms with Crippen molar-refractivity contribution >= 4 is 26.7 Å². The number of aryl methyl sites for hydroxylation is 2. The number of hydrogen-bond acceptors (Lipinski definition) is 4. The van der Waals surface area contributed by atoms with Gasteiger partial charge in [0.1, 0.15) is 0 Å². The van der Waals surface area contributed by atoms with Crippen molar-refractivity contribution < 1.29 is 8.42 Å². The van der Waals surface area contributed by atoms with Gasteiger partial charge in [-0.15, -0.1) is 0 Å². The molecule has 1 aromatic heterocycles. The lowest BCUT2D eigenvalue weighted by Crippen LogP contribution is -2.36. The predicted molar refractivity (Wildman–Crippen MR) is 99.2 cm³/mol. The largest absolute Gasteiger partial charge is 0.316 e. The summed E-state index contributed by atoms with van der Waals surface area (Å²) < 4.78 is 28.1. The van der Waals surface area contributed by atoms with Gasteiger partial charge in [0, 0.05) is 6.54 Å². The van der Waals surface area contributed by atoms with E-state index >= 15 is 0 Å².